The van der Waals surface area contributed by atoms with Crippen LogP contribution in [0.15, 0.2) is 24.8 Å². The number of hydrogen-bond donors (Lipinski definition) is 0. The van der Waals surface area contributed by atoms with Crippen molar-refractivity contribution >= 4 is 0 Å². The zero-order chi connectivity index (χ0) is 11.9. The summed E-state index contributed by atoms with van der Waals surface area (Å²) in [6, 6.07) is 2.32. The van der Waals surface area contributed by atoms with Gasteiger partial charge < -0.3 is 4.74 Å². The van der Waals surface area contributed by atoms with E-state index in [9.17, 15) is 5.26 Å². The maximum atomic E-state index is 9.28. The molecule has 0 saturated heterocycles. The molecule has 16 heavy (non-hydrogen) atoms. The Hall–Kier alpha value is -1.07. The van der Waals surface area contributed by atoms with E-state index in [0.717, 1.165) is 19.3 Å². The highest BCUT2D eigenvalue weighted by atomic mass is 16.5. The van der Waals surface area contributed by atoms with Crippen LogP contribution < -0.4 is 0 Å². The summed E-state index contributed by atoms with van der Waals surface area (Å²) >= 11 is 0. The first-order chi connectivity index (χ1) is 7.76. The van der Waals surface area contributed by atoms with Crippen molar-refractivity contribution in [1.29, 1.82) is 5.26 Å². The largest absolute Gasteiger partial charge is 0.356 e. The van der Waals surface area contributed by atoms with Crippen LogP contribution in [0.4, 0.5) is 0 Å². The fraction of sp³-hybridized carbons (Fsp3) is 0.643. The summed E-state index contributed by atoms with van der Waals surface area (Å²) < 4.78 is 6.00. The maximum absolute atomic E-state index is 9.28. The minimum atomic E-state index is -0.673. The maximum Gasteiger partial charge on any atom is 0.161 e. The van der Waals surface area contributed by atoms with Crippen molar-refractivity contribution in [3.05, 3.63) is 24.8 Å². The minimum absolute atomic E-state index is 0.193. The summed E-state index contributed by atoms with van der Waals surface area (Å²) in [7, 11) is 0. The van der Waals surface area contributed by atoms with E-state index >= 15 is 0 Å². The lowest BCUT2D eigenvalue weighted by molar-refractivity contribution is -0.0538. The van der Waals surface area contributed by atoms with Crippen LogP contribution in [0.3, 0.4) is 0 Å². The number of nitriles is 1. The summed E-state index contributed by atoms with van der Waals surface area (Å²) in [5.41, 5.74) is -0.673. The lowest BCUT2D eigenvalue weighted by Gasteiger charge is -2.28. The predicted octanol–water partition coefficient (Wildman–Crippen LogP) is 3.75. The van der Waals surface area contributed by atoms with Gasteiger partial charge in [-0.15, -0.1) is 6.58 Å². The third-order valence-electron chi connectivity index (χ3n) is 2.96. The van der Waals surface area contributed by atoms with Gasteiger partial charge in [0, 0.05) is 12.8 Å². The third kappa shape index (κ3) is 3.50. The highest BCUT2D eigenvalue weighted by Crippen LogP contribution is 2.29. The molecule has 2 atom stereocenters. The molecule has 1 aliphatic heterocycles. The topological polar surface area (TPSA) is 33.0 Å². The molecule has 0 aromatic heterocycles. The lowest BCUT2D eigenvalue weighted by atomic mass is 9.97. The monoisotopic (exact) mass is 219 g/mol. The number of rotatable bonds is 5. The molecule has 0 N–H and O–H groups in total. The third-order valence-corrected chi connectivity index (χ3v) is 2.96. The van der Waals surface area contributed by atoms with E-state index in [1.807, 2.05) is 0 Å². The summed E-state index contributed by atoms with van der Waals surface area (Å²) in [6.45, 7) is 5.88. The molecule has 1 heterocycles. The molecule has 0 radical (unpaired) electrons. The summed E-state index contributed by atoms with van der Waals surface area (Å²) in [5, 5.41) is 9.28. The molecule has 2 nitrogen and oxygen atoms in total. The van der Waals surface area contributed by atoms with E-state index in [-0.39, 0.29) is 6.10 Å². The Bertz CT molecular complexity index is 290. The Kier molecular flexibility index (Phi) is 5.28. The molecule has 0 fully saturated rings. The Balaban J connectivity index is 2.67. The van der Waals surface area contributed by atoms with Crippen molar-refractivity contribution in [1.82, 2.24) is 0 Å². The molecule has 1 rings (SSSR count). The van der Waals surface area contributed by atoms with E-state index in [1.165, 1.54) is 6.42 Å². The minimum Gasteiger partial charge on any atom is -0.356 e. The molecule has 0 saturated carbocycles. The normalized spacial score (nSPS) is 29.4. The van der Waals surface area contributed by atoms with Crippen molar-refractivity contribution < 1.29 is 4.74 Å². The van der Waals surface area contributed by atoms with Crippen LogP contribution in [-0.4, -0.2) is 11.7 Å². The van der Waals surface area contributed by atoms with Gasteiger partial charge in [0.25, 0.3) is 0 Å². The first kappa shape index (κ1) is 13.0. The quantitative estimate of drug-likeness (QED) is 0.660. The van der Waals surface area contributed by atoms with E-state index in [0.29, 0.717) is 12.8 Å². The standard InChI is InChI=1S/C14H21NO/c1-3-5-8-13-9-6-7-11-14(12-15,16-13)10-4-2/h4,6-7,13H,2-3,5,8-11H2,1H3. The average Bonchev–Trinajstić information content (AvgIpc) is 2.50. The number of ether oxygens (including phenoxy) is 1. The van der Waals surface area contributed by atoms with Crippen molar-refractivity contribution in [2.24, 2.45) is 0 Å². The van der Waals surface area contributed by atoms with Crippen molar-refractivity contribution in [3.8, 4) is 6.07 Å². The van der Waals surface area contributed by atoms with Gasteiger partial charge in [-0.25, -0.2) is 0 Å². The first-order valence-corrected chi connectivity index (χ1v) is 6.11. The molecule has 0 aromatic rings. The molecule has 0 aromatic carbocycles. The van der Waals surface area contributed by atoms with Gasteiger partial charge in [-0.2, -0.15) is 5.26 Å². The van der Waals surface area contributed by atoms with E-state index in [1.54, 1.807) is 6.08 Å². The Labute approximate surface area is 98.6 Å². The second-order valence-electron chi connectivity index (χ2n) is 4.39. The molecule has 0 bridgehead atoms. The smallest absolute Gasteiger partial charge is 0.161 e. The van der Waals surface area contributed by atoms with Gasteiger partial charge >= 0.3 is 0 Å². The second-order valence-corrected chi connectivity index (χ2v) is 4.39. The Morgan fingerprint density at radius 2 is 2.44 bits per heavy atom. The molecule has 0 aliphatic carbocycles. The summed E-state index contributed by atoms with van der Waals surface area (Å²) in [6.07, 6.45) is 11.8. The van der Waals surface area contributed by atoms with Gasteiger partial charge in [0.2, 0.25) is 0 Å². The Morgan fingerprint density at radius 1 is 1.62 bits per heavy atom. The molecule has 2 heteroatoms. The van der Waals surface area contributed by atoms with Crippen LogP contribution in [0.25, 0.3) is 0 Å². The van der Waals surface area contributed by atoms with E-state index < -0.39 is 5.60 Å². The number of hydrogen-bond acceptors (Lipinski definition) is 2. The SMILES string of the molecule is C=CCC1(C#N)CC=CCC(CCCC)O1. The molecule has 2 unspecified atom stereocenters. The van der Waals surface area contributed by atoms with Crippen molar-refractivity contribution in [3.63, 3.8) is 0 Å². The molecular weight excluding hydrogens is 198 g/mol. The molecule has 1 aliphatic rings. The van der Waals surface area contributed by atoms with E-state index in [4.69, 9.17) is 4.74 Å². The zero-order valence-corrected chi connectivity index (χ0v) is 10.1. The van der Waals surface area contributed by atoms with Crippen LogP contribution in [-0.2, 0) is 4.74 Å². The lowest BCUT2D eigenvalue weighted by Crippen LogP contribution is -2.33. The molecule has 0 spiro atoms. The second kappa shape index (κ2) is 6.50. The highest BCUT2D eigenvalue weighted by Gasteiger charge is 2.32. The first-order valence-electron chi connectivity index (χ1n) is 6.11. The van der Waals surface area contributed by atoms with Gasteiger partial charge in [0.1, 0.15) is 0 Å². The average molecular weight is 219 g/mol. The van der Waals surface area contributed by atoms with Crippen LogP contribution in [0, 0.1) is 11.3 Å². The zero-order valence-electron chi connectivity index (χ0n) is 10.1. The van der Waals surface area contributed by atoms with E-state index in [2.05, 4.69) is 31.7 Å². The van der Waals surface area contributed by atoms with Gasteiger partial charge in [0.15, 0.2) is 5.60 Å². The van der Waals surface area contributed by atoms with Gasteiger partial charge in [0.05, 0.1) is 12.2 Å². The van der Waals surface area contributed by atoms with Crippen LogP contribution in [0.1, 0.15) is 45.4 Å². The van der Waals surface area contributed by atoms with Crippen LogP contribution in [0.5, 0.6) is 0 Å². The Morgan fingerprint density at radius 3 is 3.06 bits per heavy atom. The molecule has 0 amide bonds. The number of nitrogens with zero attached hydrogens (tertiary/aromatic N) is 1. The van der Waals surface area contributed by atoms with Gasteiger partial charge in [-0.05, 0) is 12.8 Å². The molecule has 88 valence electrons. The van der Waals surface area contributed by atoms with Crippen LogP contribution >= 0.6 is 0 Å². The fourth-order valence-corrected chi connectivity index (χ4v) is 2.03. The summed E-state index contributed by atoms with van der Waals surface area (Å²) in [4.78, 5) is 0. The fourth-order valence-electron chi connectivity index (χ4n) is 2.03. The van der Waals surface area contributed by atoms with Gasteiger partial charge in [-0.1, -0.05) is 38.0 Å². The molecular formula is C14H21NO. The highest BCUT2D eigenvalue weighted by molar-refractivity contribution is 5.11. The predicted molar refractivity (Wildman–Crippen MR) is 65.9 cm³/mol. The van der Waals surface area contributed by atoms with Gasteiger partial charge in [-0.3, -0.25) is 0 Å². The van der Waals surface area contributed by atoms with Crippen molar-refractivity contribution in [2.75, 3.05) is 0 Å². The number of unbranched alkanes of at least 4 members (excludes halogenated alkanes) is 1. The van der Waals surface area contributed by atoms with Crippen molar-refractivity contribution in [2.45, 2.75) is 57.2 Å². The summed E-state index contributed by atoms with van der Waals surface area (Å²) in [5.74, 6) is 0. The van der Waals surface area contributed by atoms with Crippen LogP contribution in [0.2, 0.25) is 0 Å².